The summed E-state index contributed by atoms with van der Waals surface area (Å²) in [5.74, 6) is 0.401. The van der Waals surface area contributed by atoms with Gasteiger partial charge in [0.2, 0.25) is 0 Å². The number of phenolic OH excluding ortho intramolecular Hbond substituents is 1. The number of phenols is 1. The summed E-state index contributed by atoms with van der Waals surface area (Å²) in [7, 11) is -3.73. The third-order valence-corrected chi connectivity index (χ3v) is 5.55. The molecule has 0 saturated carbocycles. The lowest BCUT2D eigenvalue weighted by Crippen LogP contribution is -2.13. The number of pyridine rings is 1. The first kappa shape index (κ1) is 19.0. The predicted octanol–water partition coefficient (Wildman–Crippen LogP) is 5.07. The maximum atomic E-state index is 12.4. The highest BCUT2D eigenvalue weighted by Gasteiger charge is 2.14. The minimum atomic E-state index is -3.73. The van der Waals surface area contributed by atoms with Crippen LogP contribution in [-0.4, -0.2) is 18.5 Å². The van der Waals surface area contributed by atoms with E-state index in [9.17, 15) is 13.5 Å². The molecule has 1 aromatic heterocycles. The molecule has 0 fully saturated rings. The first-order valence-corrected chi connectivity index (χ1v) is 10.1. The number of aryl methyl sites for hydroxylation is 1. The van der Waals surface area contributed by atoms with Crippen molar-refractivity contribution in [2.45, 2.75) is 11.8 Å². The maximum absolute atomic E-state index is 12.4. The fourth-order valence-electron chi connectivity index (χ4n) is 2.20. The Labute approximate surface area is 165 Å². The van der Waals surface area contributed by atoms with Crippen LogP contribution in [0, 0.1) is 6.92 Å². The fraction of sp³-hybridized carbons (Fsp3) is 0.0556. The second-order valence-corrected chi connectivity index (χ2v) is 8.14. The van der Waals surface area contributed by atoms with Crippen molar-refractivity contribution in [3.63, 3.8) is 0 Å². The standard InChI is InChI=1S/C18H15BrN4O3S/c1-12-10-14(11-16(19)18(12)24)22-21-13-5-7-15(8-6-13)27(25,26)23-17-4-2-3-9-20-17/h2-11,24H,1H3,(H,20,23). The molecule has 0 amide bonds. The van der Waals surface area contributed by atoms with Crippen LogP contribution in [0.15, 0.2) is 80.4 Å². The van der Waals surface area contributed by atoms with Crippen molar-refractivity contribution in [3.05, 3.63) is 70.8 Å². The monoisotopic (exact) mass is 446 g/mol. The number of aromatic hydroxyl groups is 1. The minimum Gasteiger partial charge on any atom is -0.506 e. The summed E-state index contributed by atoms with van der Waals surface area (Å²) < 4.78 is 27.7. The molecule has 1 heterocycles. The number of sulfonamides is 1. The van der Waals surface area contributed by atoms with E-state index in [1.165, 1.54) is 18.3 Å². The van der Waals surface area contributed by atoms with Gasteiger partial charge in [0.05, 0.1) is 20.7 Å². The van der Waals surface area contributed by atoms with Crippen LogP contribution in [0.25, 0.3) is 0 Å². The SMILES string of the molecule is Cc1cc(N=Nc2ccc(S(=O)(=O)Nc3ccccn3)cc2)cc(Br)c1O. The van der Waals surface area contributed by atoms with Crippen LogP contribution < -0.4 is 4.72 Å². The van der Waals surface area contributed by atoms with Crippen LogP contribution in [-0.2, 0) is 10.0 Å². The van der Waals surface area contributed by atoms with E-state index in [-0.39, 0.29) is 16.5 Å². The quantitative estimate of drug-likeness (QED) is 0.533. The molecule has 0 aliphatic heterocycles. The van der Waals surface area contributed by atoms with Gasteiger partial charge in [0, 0.05) is 6.20 Å². The van der Waals surface area contributed by atoms with Crippen molar-refractivity contribution in [2.75, 3.05) is 4.72 Å². The molecular weight excluding hydrogens is 432 g/mol. The molecule has 2 N–H and O–H groups in total. The zero-order valence-electron chi connectivity index (χ0n) is 14.2. The Kier molecular flexibility index (Phi) is 5.52. The van der Waals surface area contributed by atoms with Gasteiger partial charge in [-0.15, -0.1) is 0 Å². The lowest BCUT2D eigenvalue weighted by atomic mass is 10.2. The summed E-state index contributed by atoms with van der Waals surface area (Å²) in [6, 6.07) is 14.3. The van der Waals surface area contributed by atoms with E-state index in [4.69, 9.17) is 0 Å². The lowest BCUT2D eigenvalue weighted by Gasteiger charge is -2.07. The van der Waals surface area contributed by atoms with Gasteiger partial charge in [-0.3, -0.25) is 4.72 Å². The third kappa shape index (κ3) is 4.69. The second-order valence-electron chi connectivity index (χ2n) is 5.61. The van der Waals surface area contributed by atoms with Crippen molar-refractivity contribution in [3.8, 4) is 5.75 Å². The summed E-state index contributed by atoms with van der Waals surface area (Å²) >= 11 is 3.25. The zero-order valence-corrected chi connectivity index (χ0v) is 16.6. The summed E-state index contributed by atoms with van der Waals surface area (Å²) in [4.78, 5) is 4.04. The number of rotatable bonds is 5. The fourth-order valence-corrected chi connectivity index (χ4v) is 3.76. The molecule has 0 unspecified atom stereocenters. The van der Waals surface area contributed by atoms with Crippen molar-refractivity contribution >= 4 is 43.1 Å². The van der Waals surface area contributed by atoms with Gasteiger partial charge in [0.15, 0.2) is 0 Å². The van der Waals surface area contributed by atoms with E-state index < -0.39 is 10.0 Å². The summed E-state index contributed by atoms with van der Waals surface area (Å²) in [6.45, 7) is 1.76. The molecule has 0 aliphatic carbocycles. The van der Waals surface area contributed by atoms with E-state index in [1.54, 1.807) is 49.4 Å². The predicted molar refractivity (Wildman–Crippen MR) is 106 cm³/mol. The molecule has 0 radical (unpaired) electrons. The number of nitrogens with zero attached hydrogens (tertiary/aromatic N) is 3. The Morgan fingerprint density at radius 3 is 2.37 bits per heavy atom. The Morgan fingerprint density at radius 1 is 1.04 bits per heavy atom. The van der Waals surface area contributed by atoms with Gasteiger partial charge in [-0.05, 0) is 76.9 Å². The van der Waals surface area contributed by atoms with Gasteiger partial charge < -0.3 is 5.11 Å². The molecular formula is C18H15BrN4O3S. The topological polar surface area (TPSA) is 104 Å². The lowest BCUT2D eigenvalue weighted by molar-refractivity contribution is 0.468. The van der Waals surface area contributed by atoms with Crippen molar-refractivity contribution < 1.29 is 13.5 Å². The Balaban J connectivity index is 1.77. The highest BCUT2D eigenvalue weighted by molar-refractivity contribution is 9.10. The molecule has 0 aliphatic rings. The molecule has 27 heavy (non-hydrogen) atoms. The van der Waals surface area contributed by atoms with Gasteiger partial charge in [-0.2, -0.15) is 10.2 Å². The Morgan fingerprint density at radius 2 is 1.74 bits per heavy atom. The highest BCUT2D eigenvalue weighted by Crippen LogP contribution is 2.33. The van der Waals surface area contributed by atoms with E-state index in [0.717, 1.165) is 0 Å². The largest absolute Gasteiger partial charge is 0.506 e. The molecule has 9 heteroatoms. The van der Waals surface area contributed by atoms with E-state index in [2.05, 4.69) is 35.9 Å². The molecule has 7 nitrogen and oxygen atoms in total. The van der Waals surface area contributed by atoms with Crippen LogP contribution in [0.3, 0.4) is 0 Å². The van der Waals surface area contributed by atoms with Crippen molar-refractivity contribution in [1.82, 2.24) is 4.98 Å². The van der Waals surface area contributed by atoms with Crippen LogP contribution in [0.4, 0.5) is 17.2 Å². The second kappa shape index (κ2) is 7.85. The summed E-state index contributed by atoms with van der Waals surface area (Å²) in [5.41, 5.74) is 1.72. The summed E-state index contributed by atoms with van der Waals surface area (Å²) in [6.07, 6.45) is 1.50. The van der Waals surface area contributed by atoms with Gasteiger partial charge >= 0.3 is 0 Å². The average molecular weight is 447 g/mol. The number of benzene rings is 2. The third-order valence-electron chi connectivity index (χ3n) is 3.57. The minimum absolute atomic E-state index is 0.0929. The molecule has 0 saturated heterocycles. The van der Waals surface area contributed by atoms with Gasteiger partial charge in [-0.1, -0.05) is 6.07 Å². The normalized spacial score (nSPS) is 11.6. The first-order valence-electron chi connectivity index (χ1n) is 7.80. The Hall–Kier alpha value is -2.78. The molecule has 2 aromatic carbocycles. The number of aromatic nitrogens is 1. The zero-order chi connectivity index (χ0) is 19.4. The molecule has 0 bridgehead atoms. The Bertz CT molecular complexity index is 1060. The number of nitrogens with one attached hydrogen (secondary N) is 1. The number of azo groups is 1. The molecule has 3 rings (SSSR count). The van der Waals surface area contributed by atoms with Crippen LogP contribution in [0.1, 0.15) is 5.56 Å². The summed E-state index contributed by atoms with van der Waals surface area (Å²) in [5, 5.41) is 17.9. The first-order chi connectivity index (χ1) is 12.8. The molecule has 138 valence electrons. The smallest absolute Gasteiger partial charge is 0.263 e. The van der Waals surface area contributed by atoms with Crippen LogP contribution in [0.5, 0.6) is 5.75 Å². The number of halogens is 1. The van der Waals surface area contributed by atoms with Crippen LogP contribution >= 0.6 is 15.9 Å². The molecule has 3 aromatic rings. The van der Waals surface area contributed by atoms with E-state index in [0.29, 0.717) is 21.4 Å². The van der Waals surface area contributed by atoms with E-state index in [1.807, 2.05) is 0 Å². The number of anilines is 1. The van der Waals surface area contributed by atoms with E-state index >= 15 is 0 Å². The number of hydrogen-bond donors (Lipinski definition) is 2. The van der Waals surface area contributed by atoms with Crippen molar-refractivity contribution in [1.29, 1.82) is 0 Å². The average Bonchev–Trinajstić information content (AvgIpc) is 2.65. The molecule has 0 atom stereocenters. The van der Waals surface area contributed by atoms with Gasteiger partial charge in [-0.25, -0.2) is 13.4 Å². The van der Waals surface area contributed by atoms with Crippen LogP contribution in [0.2, 0.25) is 0 Å². The maximum Gasteiger partial charge on any atom is 0.263 e. The van der Waals surface area contributed by atoms with Crippen molar-refractivity contribution in [2.24, 2.45) is 10.2 Å². The molecule has 0 spiro atoms. The highest BCUT2D eigenvalue weighted by atomic mass is 79.9. The number of hydrogen-bond acceptors (Lipinski definition) is 6. The van der Waals surface area contributed by atoms with Gasteiger partial charge in [0.25, 0.3) is 10.0 Å². The van der Waals surface area contributed by atoms with Gasteiger partial charge in [0.1, 0.15) is 11.6 Å².